The summed E-state index contributed by atoms with van der Waals surface area (Å²) in [7, 11) is 0. The molecule has 0 saturated carbocycles. The molecule has 9 nitrogen and oxygen atoms in total. The lowest BCUT2D eigenvalue weighted by Gasteiger charge is -2.35. The minimum atomic E-state index is -1.21. The quantitative estimate of drug-likeness (QED) is 0.378. The number of carbonyl (C=O) groups is 3. The molecule has 0 aliphatic heterocycles. The summed E-state index contributed by atoms with van der Waals surface area (Å²) in [6.45, 7) is 9.78. The maximum Gasteiger partial charge on any atom is 0.408 e. The van der Waals surface area contributed by atoms with Crippen LogP contribution in [0.5, 0.6) is 5.75 Å². The molecule has 0 aliphatic rings. The van der Waals surface area contributed by atoms with Gasteiger partial charge in [0.15, 0.2) is 0 Å². The van der Waals surface area contributed by atoms with Gasteiger partial charge in [0, 0.05) is 6.54 Å². The van der Waals surface area contributed by atoms with E-state index >= 15 is 0 Å². The predicted octanol–water partition coefficient (Wildman–Crippen LogP) is 4.40. The first-order valence-electron chi connectivity index (χ1n) is 12.0. The number of nitrogens with one attached hydrogen (secondary N) is 2. The van der Waals surface area contributed by atoms with Gasteiger partial charge >= 0.3 is 6.09 Å². The number of para-hydroxylation sites is 1. The first-order chi connectivity index (χ1) is 17.2. The van der Waals surface area contributed by atoms with Crippen LogP contribution in [0.3, 0.4) is 0 Å². The summed E-state index contributed by atoms with van der Waals surface area (Å²) in [5, 5.41) is 25.4. The van der Waals surface area contributed by atoms with Crippen LogP contribution in [-0.4, -0.2) is 57.8 Å². The number of hydrogen-bond donors (Lipinski definition) is 4. The average molecular weight is 534 g/mol. The van der Waals surface area contributed by atoms with E-state index in [9.17, 15) is 24.6 Å². The number of halogens is 1. The Hall–Kier alpha value is -3.30. The highest BCUT2D eigenvalue weighted by molar-refractivity contribution is 6.34. The molecule has 2 aromatic rings. The fraction of sp³-hybridized carbons (Fsp3) is 0.444. The Morgan fingerprint density at radius 2 is 1.70 bits per heavy atom. The lowest BCUT2D eigenvalue weighted by molar-refractivity contribution is -0.142. The van der Waals surface area contributed by atoms with Crippen LogP contribution in [-0.2, 0) is 14.3 Å². The topological polar surface area (TPSA) is 128 Å². The zero-order valence-corrected chi connectivity index (χ0v) is 22.8. The van der Waals surface area contributed by atoms with E-state index in [0.29, 0.717) is 16.3 Å². The number of phenols is 1. The van der Waals surface area contributed by atoms with E-state index in [-0.39, 0.29) is 18.2 Å². The minimum Gasteiger partial charge on any atom is -0.508 e. The molecule has 0 spiro atoms. The van der Waals surface area contributed by atoms with E-state index in [0.717, 1.165) is 5.56 Å². The van der Waals surface area contributed by atoms with E-state index in [4.69, 9.17) is 16.3 Å². The van der Waals surface area contributed by atoms with Crippen LogP contribution in [0, 0.1) is 12.8 Å². The van der Waals surface area contributed by atoms with Crippen molar-refractivity contribution in [2.45, 2.75) is 59.2 Å². The number of phenolic OH excluding ortho intramolecular Hbond substituents is 1. The highest BCUT2D eigenvalue weighted by Gasteiger charge is 2.37. The third kappa shape index (κ3) is 8.36. The Morgan fingerprint density at radius 1 is 1.08 bits per heavy atom. The van der Waals surface area contributed by atoms with Crippen molar-refractivity contribution in [3.05, 3.63) is 58.6 Å². The molecule has 0 radical (unpaired) electrons. The van der Waals surface area contributed by atoms with Gasteiger partial charge in [-0.1, -0.05) is 49.7 Å². The maximum atomic E-state index is 13.8. The van der Waals surface area contributed by atoms with Crippen molar-refractivity contribution >= 4 is 35.2 Å². The highest BCUT2D eigenvalue weighted by atomic mass is 35.5. The molecular formula is C27H36ClN3O6. The Labute approximate surface area is 222 Å². The van der Waals surface area contributed by atoms with Gasteiger partial charge in [0.25, 0.3) is 5.91 Å². The number of benzene rings is 2. The van der Waals surface area contributed by atoms with E-state index in [1.54, 1.807) is 59.7 Å². The number of aromatic hydroxyl groups is 1. The molecule has 3 amide bonds. The Morgan fingerprint density at radius 3 is 2.22 bits per heavy atom. The van der Waals surface area contributed by atoms with Gasteiger partial charge in [0.2, 0.25) is 5.91 Å². The van der Waals surface area contributed by atoms with E-state index in [2.05, 4.69) is 10.6 Å². The van der Waals surface area contributed by atoms with Gasteiger partial charge in [-0.05, 0) is 62.9 Å². The molecule has 0 fully saturated rings. The summed E-state index contributed by atoms with van der Waals surface area (Å²) in [5.41, 5.74) is 0.723. The third-order valence-corrected chi connectivity index (χ3v) is 5.78. The van der Waals surface area contributed by atoms with Crippen molar-refractivity contribution in [2.75, 3.05) is 18.5 Å². The fourth-order valence-corrected chi connectivity index (χ4v) is 3.98. The monoisotopic (exact) mass is 533 g/mol. The number of carbonyl (C=O) groups excluding carboxylic acids is 3. The number of hydrogen-bond acceptors (Lipinski definition) is 6. The summed E-state index contributed by atoms with van der Waals surface area (Å²) in [4.78, 5) is 41.3. The van der Waals surface area contributed by atoms with Crippen molar-refractivity contribution in [1.82, 2.24) is 10.2 Å². The predicted molar refractivity (Wildman–Crippen MR) is 142 cm³/mol. The van der Waals surface area contributed by atoms with Crippen molar-refractivity contribution in [1.29, 1.82) is 0 Å². The molecule has 2 atom stereocenters. The summed E-state index contributed by atoms with van der Waals surface area (Å²) < 4.78 is 5.33. The first kappa shape index (κ1) is 29.9. The average Bonchev–Trinajstić information content (AvgIpc) is 2.79. The molecule has 2 aromatic carbocycles. The summed E-state index contributed by atoms with van der Waals surface area (Å²) >= 11 is 6.32. The number of alkyl carbamates (subject to hydrolysis) is 1. The second-order valence-corrected chi connectivity index (χ2v) is 10.4. The van der Waals surface area contributed by atoms with Crippen molar-refractivity contribution in [2.24, 2.45) is 5.92 Å². The number of amides is 3. The summed E-state index contributed by atoms with van der Waals surface area (Å²) in [6, 6.07) is 8.75. The zero-order chi connectivity index (χ0) is 27.9. The molecule has 10 heteroatoms. The van der Waals surface area contributed by atoms with Crippen LogP contribution >= 0.6 is 11.6 Å². The van der Waals surface area contributed by atoms with Gasteiger partial charge in [-0.2, -0.15) is 0 Å². The zero-order valence-electron chi connectivity index (χ0n) is 22.0. The number of aliphatic hydroxyl groups excluding tert-OH is 1. The molecule has 37 heavy (non-hydrogen) atoms. The van der Waals surface area contributed by atoms with Crippen molar-refractivity contribution < 1.29 is 29.3 Å². The molecule has 202 valence electrons. The highest BCUT2D eigenvalue weighted by Crippen LogP contribution is 2.30. The van der Waals surface area contributed by atoms with Gasteiger partial charge in [-0.25, -0.2) is 4.79 Å². The normalized spacial score (nSPS) is 13.0. The number of aryl methyl sites for hydroxylation is 1. The summed E-state index contributed by atoms with van der Waals surface area (Å²) in [6.07, 6.45) is -0.777. The molecule has 0 aliphatic carbocycles. The minimum absolute atomic E-state index is 0.0171. The van der Waals surface area contributed by atoms with Crippen LogP contribution in [0.4, 0.5) is 10.5 Å². The van der Waals surface area contributed by atoms with E-state index in [1.165, 1.54) is 29.2 Å². The largest absolute Gasteiger partial charge is 0.508 e. The molecule has 2 rings (SSSR count). The molecule has 4 N–H and O–H groups in total. The lowest BCUT2D eigenvalue weighted by Crippen LogP contribution is -2.55. The van der Waals surface area contributed by atoms with Gasteiger partial charge in [0.05, 0.1) is 17.3 Å². The SMILES string of the molecule is Cc1cccc(Cl)c1NC(=O)C(c1ccc(O)cc1)N(CCO)C(=O)C(NC(=O)OC(C)(C)C)C(C)C. The molecule has 0 heterocycles. The van der Waals surface area contributed by atoms with Gasteiger partial charge in [-0.15, -0.1) is 0 Å². The third-order valence-electron chi connectivity index (χ3n) is 5.47. The molecule has 0 saturated heterocycles. The van der Waals surface area contributed by atoms with Crippen molar-refractivity contribution in [3.8, 4) is 5.75 Å². The Kier molecular flexibility index (Phi) is 10.3. The van der Waals surface area contributed by atoms with Crippen LogP contribution in [0.15, 0.2) is 42.5 Å². The van der Waals surface area contributed by atoms with Crippen LogP contribution < -0.4 is 10.6 Å². The number of anilines is 1. The number of aliphatic hydroxyl groups is 1. The first-order valence-corrected chi connectivity index (χ1v) is 12.4. The van der Waals surface area contributed by atoms with Gasteiger partial charge in [0.1, 0.15) is 23.4 Å². The van der Waals surface area contributed by atoms with Crippen molar-refractivity contribution in [3.63, 3.8) is 0 Å². The maximum absolute atomic E-state index is 13.8. The molecule has 0 aromatic heterocycles. The van der Waals surface area contributed by atoms with Crippen LogP contribution in [0.25, 0.3) is 0 Å². The van der Waals surface area contributed by atoms with Crippen LogP contribution in [0.1, 0.15) is 51.8 Å². The molecular weight excluding hydrogens is 498 g/mol. The summed E-state index contributed by atoms with van der Waals surface area (Å²) in [5.74, 6) is -1.55. The second-order valence-electron chi connectivity index (χ2n) is 10.0. The fourth-order valence-electron chi connectivity index (χ4n) is 3.71. The van der Waals surface area contributed by atoms with E-state index < -0.39 is 42.2 Å². The van der Waals surface area contributed by atoms with Gasteiger partial charge in [-0.3, -0.25) is 9.59 Å². The Bertz CT molecular complexity index is 1080. The molecule has 0 bridgehead atoms. The number of rotatable bonds is 9. The van der Waals surface area contributed by atoms with Gasteiger partial charge < -0.3 is 30.5 Å². The second kappa shape index (κ2) is 12.8. The smallest absolute Gasteiger partial charge is 0.408 e. The van der Waals surface area contributed by atoms with Crippen LogP contribution in [0.2, 0.25) is 5.02 Å². The lowest BCUT2D eigenvalue weighted by atomic mass is 9.98. The number of nitrogens with zero attached hydrogens (tertiary/aromatic N) is 1. The number of ether oxygens (including phenoxy) is 1. The Balaban J connectivity index is 2.51. The molecule has 2 unspecified atom stereocenters. The van der Waals surface area contributed by atoms with E-state index in [1.807, 2.05) is 0 Å². The standard InChI is InChI=1S/C27H36ClN3O6/c1-16(2)21(30-26(36)37-27(4,5)6)25(35)31(14-15-32)23(18-10-12-19(33)13-11-18)24(34)29-22-17(3)8-7-9-20(22)28/h7-13,16,21,23,32-33H,14-15H2,1-6H3,(H,29,34)(H,30,36).